The van der Waals surface area contributed by atoms with Gasteiger partial charge in [0, 0.05) is 30.4 Å². The number of hydrogen-bond donors (Lipinski definition) is 1. The minimum Gasteiger partial charge on any atom is -0.311 e. The van der Waals surface area contributed by atoms with E-state index < -0.39 is 0 Å². The van der Waals surface area contributed by atoms with Crippen LogP contribution in [-0.4, -0.2) is 28.6 Å². The second-order valence-corrected chi connectivity index (χ2v) is 6.15. The highest BCUT2D eigenvalue weighted by Crippen LogP contribution is 2.18. The van der Waals surface area contributed by atoms with E-state index in [-0.39, 0.29) is 0 Å². The zero-order chi connectivity index (χ0) is 12.1. The molecule has 0 bridgehead atoms. The highest BCUT2D eigenvalue weighted by atomic mass is 32.2. The van der Waals surface area contributed by atoms with Gasteiger partial charge in [0.15, 0.2) is 0 Å². The molecule has 3 heteroatoms. The van der Waals surface area contributed by atoms with E-state index in [1.54, 1.807) is 0 Å². The molecular formula is C14H22N2S. The molecule has 1 aliphatic rings. The van der Waals surface area contributed by atoms with Crippen molar-refractivity contribution in [3.63, 3.8) is 0 Å². The number of rotatable bonds is 4. The molecule has 94 valence electrons. The first-order valence-electron chi connectivity index (χ1n) is 6.50. The van der Waals surface area contributed by atoms with Gasteiger partial charge in [-0.25, -0.2) is 0 Å². The van der Waals surface area contributed by atoms with Crippen LogP contribution >= 0.6 is 11.8 Å². The zero-order valence-electron chi connectivity index (χ0n) is 10.8. The molecule has 0 aliphatic carbocycles. The Hall–Kier alpha value is -0.540. The topological polar surface area (TPSA) is 24.9 Å². The second kappa shape index (κ2) is 6.41. The number of aromatic nitrogens is 1. The minimum absolute atomic E-state index is 0.525. The van der Waals surface area contributed by atoms with E-state index in [1.165, 1.54) is 35.6 Å². The van der Waals surface area contributed by atoms with Crippen molar-refractivity contribution in [2.45, 2.75) is 45.2 Å². The van der Waals surface area contributed by atoms with Crippen LogP contribution in [0.25, 0.3) is 0 Å². The smallest absolute Gasteiger partial charge is 0.0448 e. The summed E-state index contributed by atoms with van der Waals surface area (Å²) < 4.78 is 0. The lowest BCUT2D eigenvalue weighted by atomic mass is 10.1. The molecule has 1 atom stereocenters. The Morgan fingerprint density at radius 2 is 2.24 bits per heavy atom. The zero-order valence-corrected chi connectivity index (χ0v) is 11.6. The van der Waals surface area contributed by atoms with Crippen LogP contribution < -0.4 is 5.32 Å². The maximum absolute atomic E-state index is 4.47. The van der Waals surface area contributed by atoms with Gasteiger partial charge in [0.05, 0.1) is 0 Å². The molecule has 0 aromatic carbocycles. The molecule has 0 radical (unpaired) electrons. The lowest BCUT2D eigenvalue weighted by Gasteiger charge is -2.26. The van der Waals surface area contributed by atoms with Gasteiger partial charge in [0.2, 0.25) is 0 Å². The predicted octanol–water partition coefficient (Wildman–Crippen LogP) is 2.81. The van der Waals surface area contributed by atoms with E-state index in [4.69, 9.17) is 0 Å². The Balaban J connectivity index is 1.84. The molecule has 1 aromatic heterocycles. The van der Waals surface area contributed by atoms with E-state index in [2.05, 4.69) is 42.0 Å². The molecule has 0 unspecified atom stereocenters. The standard InChI is InChI=1S/C14H22N2S/c1-11-4-3-7-15-14(11)10-12(2)16-13-5-8-17-9-6-13/h3-4,7,12-13,16H,5-6,8-10H2,1-2H3/t12-/m0/s1. The van der Waals surface area contributed by atoms with Crippen molar-refractivity contribution in [1.82, 2.24) is 10.3 Å². The Bertz CT molecular complexity index is 348. The summed E-state index contributed by atoms with van der Waals surface area (Å²) in [4.78, 5) is 4.47. The SMILES string of the molecule is Cc1cccnc1C[C@H](C)NC1CCSCC1. The van der Waals surface area contributed by atoms with Crippen molar-refractivity contribution in [1.29, 1.82) is 0 Å². The number of aryl methyl sites for hydroxylation is 1. The van der Waals surface area contributed by atoms with Gasteiger partial charge >= 0.3 is 0 Å². The largest absolute Gasteiger partial charge is 0.311 e. The van der Waals surface area contributed by atoms with E-state index in [1.807, 2.05) is 12.3 Å². The number of pyridine rings is 1. The van der Waals surface area contributed by atoms with Gasteiger partial charge in [-0.05, 0) is 49.8 Å². The number of thioether (sulfide) groups is 1. The molecule has 1 aromatic rings. The van der Waals surface area contributed by atoms with E-state index >= 15 is 0 Å². The number of nitrogens with one attached hydrogen (secondary N) is 1. The van der Waals surface area contributed by atoms with Crippen LogP contribution in [0.4, 0.5) is 0 Å². The molecule has 1 aliphatic heterocycles. The monoisotopic (exact) mass is 250 g/mol. The summed E-state index contributed by atoms with van der Waals surface area (Å²) in [6.07, 6.45) is 5.56. The van der Waals surface area contributed by atoms with Crippen LogP contribution in [0, 0.1) is 6.92 Å². The molecule has 1 N–H and O–H groups in total. The predicted molar refractivity (Wildman–Crippen MR) is 75.6 cm³/mol. The summed E-state index contributed by atoms with van der Waals surface area (Å²) in [6, 6.07) is 5.40. The first-order valence-corrected chi connectivity index (χ1v) is 7.65. The first kappa shape index (κ1) is 12.9. The molecule has 2 nitrogen and oxygen atoms in total. The molecule has 0 amide bonds. The van der Waals surface area contributed by atoms with Gasteiger partial charge in [0.1, 0.15) is 0 Å². The van der Waals surface area contributed by atoms with Crippen molar-refractivity contribution < 1.29 is 0 Å². The van der Waals surface area contributed by atoms with Gasteiger partial charge in [0.25, 0.3) is 0 Å². The fraction of sp³-hybridized carbons (Fsp3) is 0.643. The van der Waals surface area contributed by atoms with Gasteiger partial charge in [-0.3, -0.25) is 4.98 Å². The molecule has 0 spiro atoms. The maximum Gasteiger partial charge on any atom is 0.0448 e. The summed E-state index contributed by atoms with van der Waals surface area (Å²) in [5.41, 5.74) is 2.54. The minimum atomic E-state index is 0.525. The molecule has 17 heavy (non-hydrogen) atoms. The Labute approximate surface area is 109 Å². The average molecular weight is 250 g/mol. The van der Waals surface area contributed by atoms with Crippen molar-refractivity contribution in [3.8, 4) is 0 Å². The van der Waals surface area contributed by atoms with Crippen molar-refractivity contribution >= 4 is 11.8 Å². The van der Waals surface area contributed by atoms with Crippen molar-refractivity contribution in [2.75, 3.05) is 11.5 Å². The van der Waals surface area contributed by atoms with E-state index in [0.29, 0.717) is 6.04 Å². The molecule has 2 rings (SSSR count). The van der Waals surface area contributed by atoms with Crippen LogP contribution in [0.2, 0.25) is 0 Å². The lowest BCUT2D eigenvalue weighted by Crippen LogP contribution is -2.40. The van der Waals surface area contributed by atoms with Crippen LogP contribution in [0.1, 0.15) is 31.0 Å². The lowest BCUT2D eigenvalue weighted by molar-refractivity contribution is 0.419. The van der Waals surface area contributed by atoms with Crippen molar-refractivity contribution in [3.05, 3.63) is 29.6 Å². The molecule has 2 heterocycles. The van der Waals surface area contributed by atoms with Gasteiger partial charge in [-0.15, -0.1) is 0 Å². The fourth-order valence-corrected chi connectivity index (χ4v) is 3.45. The van der Waals surface area contributed by atoms with Crippen molar-refractivity contribution in [2.24, 2.45) is 0 Å². The van der Waals surface area contributed by atoms with Crippen LogP contribution in [-0.2, 0) is 6.42 Å². The number of hydrogen-bond acceptors (Lipinski definition) is 3. The normalized spacial score (nSPS) is 19.2. The quantitative estimate of drug-likeness (QED) is 0.889. The van der Waals surface area contributed by atoms with Crippen LogP contribution in [0.15, 0.2) is 18.3 Å². The molecule has 1 fully saturated rings. The van der Waals surface area contributed by atoms with E-state index in [9.17, 15) is 0 Å². The van der Waals surface area contributed by atoms with Gasteiger partial charge < -0.3 is 5.32 Å². The van der Waals surface area contributed by atoms with Gasteiger partial charge in [-0.1, -0.05) is 6.07 Å². The third kappa shape index (κ3) is 4.00. The summed E-state index contributed by atoms with van der Waals surface area (Å²) in [5, 5.41) is 3.74. The first-order chi connectivity index (χ1) is 8.25. The van der Waals surface area contributed by atoms with Crippen LogP contribution in [0.5, 0.6) is 0 Å². The third-order valence-corrected chi connectivity index (χ3v) is 4.41. The summed E-state index contributed by atoms with van der Waals surface area (Å²) in [6.45, 7) is 4.42. The molecular weight excluding hydrogens is 228 g/mol. The Morgan fingerprint density at radius 3 is 2.94 bits per heavy atom. The molecule has 1 saturated heterocycles. The highest BCUT2D eigenvalue weighted by Gasteiger charge is 2.16. The average Bonchev–Trinajstić information content (AvgIpc) is 2.33. The summed E-state index contributed by atoms with van der Waals surface area (Å²) in [7, 11) is 0. The fourth-order valence-electron chi connectivity index (χ4n) is 2.35. The second-order valence-electron chi connectivity index (χ2n) is 4.93. The highest BCUT2D eigenvalue weighted by molar-refractivity contribution is 7.99. The van der Waals surface area contributed by atoms with Gasteiger partial charge in [-0.2, -0.15) is 11.8 Å². The molecule has 0 saturated carbocycles. The number of nitrogens with zero attached hydrogens (tertiary/aromatic N) is 1. The maximum atomic E-state index is 4.47. The Morgan fingerprint density at radius 1 is 1.47 bits per heavy atom. The summed E-state index contributed by atoms with van der Waals surface area (Å²) >= 11 is 2.08. The Kier molecular flexibility index (Phi) is 4.86. The third-order valence-electron chi connectivity index (χ3n) is 3.36. The van der Waals surface area contributed by atoms with E-state index in [0.717, 1.165) is 12.5 Å². The summed E-state index contributed by atoms with van der Waals surface area (Å²) in [5.74, 6) is 2.63. The van der Waals surface area contributed by atoms with Crippen LogP contribution in [0.3, 0.4) is 0 Å².